The van der Waals surface area contributed by atoms with Crippen LogP contribution in [0.3, 0.4) is 0 Å². The number of carbonyl (C=O) groups is 1. The Labute approximate surface area is 109 Å². The maximum Gasteiger partial charge on any atom is 0.176 e. The van der Waals surface area contributed by atoms with Crippen molar-refractivity contribution in [3.63, 3.8) is 0 Å². The van der Waals surface area contributed by atoms with E-state index in [1.165, 1.54) is 12.8 Å². The van der Waals surface area contributed by atoms with Gasteiger partial charge in [-0.05, 0) is 55.9 Å². The molecular weight excluding hydrogens is 280 g/mol. The quantitative estimate of drug-likeness (QED) is 0.613. The van der Waals surface area contributed by atoms with E-state index in [4.69, 9.17) is 4.74 Å². The van der Waals surface area contributed by atoms with E-state index in [1.807, 2.05) is 24.3 Å². The summed E-state index contributed by atoms with van der Waals surface area (Å²) in [6, 6.07) is 7.55. The van der Waals surface area contributed by atoms with Gasteiger partial charge in [-0.15, -0.1) is 0 Å². The van der Waals surface area contributed by atoms with E-state index in [0.29, 0.717) is 12.0 Å². The summed E-state index contributed by atoms with van der Waals surface area (Å²) in [6.07, 6.45) is 5.07. The molecule has 0 spiro atoms. The molecule has 0 saturated heterocycles. The van der Waals surface area contributed by atoms with Crippen LogP contribution in [-0.4, -0.2) is 16.7 Å². The van der Waals surface area contributed by atoms with Crippen molar-refractivity contribution in [2.75, 3.05) is 0 Å². The van der Waals surface area contributed by atoms with Crippen molar-refractivity contribution in [2.45, 2.75) is 36.6 Å². The smallest absolute Gasteiger partial charge is 0.176 e. The van der Waals surface area contributed by atoms with Crippen LogP contribution in [0.15, 0.2) is 24.3 Å². The first-order valence-electron chi connectivity index (χ1n) is 6.19. The maximum atomic E-state index is 12.1. The number of hydrogen-bond acceptors (Lipinski definition) is 2. The van der Waals surface area contributed by atoms with Crippen molar-refractivity contribution in [1.82, 2.24) is 0 Å². The average molecular weight is 295 g/mol. The van der Waals surface area contributed by atoms with Gasteiger partial charge >= 0.3 is 0 Å². The molecule has 0 aliphatic heterocycles. The fourth-order valence-electron chi connectivity index (χ4n) is 1.84. The van der Waals surface area contributed by atoms with Gasteiger partial charge in [-0.2, -0.15) is 0 Å². The molecule has 90 valence electrons. The molecule has 0 bridgehead atoms. The van der Waals surface area contributed by atoms with E-state index < -0.39 is 0 Å². The Hall–Kier alpha value is -0.830. The van der Waals surface area contributed by atoms with Gasteiger partial charge in [-0.3, -0.25) is 4.79 Å². The maximum absolute atomic E-state index is 12.1. The molecule has 2 aliphatic carbocycles. The van der Waals surface area contributed by atoms with Gasteiger partial charge in [0, 0.05) is 5.56 Å². The van der Waals surface area contributed by atoms with Crippen molar-refractivity contribution >= 4 is 21.7 Å². The molecule has 2 saturated carbocycles. The Morgan fingerprint density at radius 1 is 1.18 bits per heavy atom. The van der Waals surface area contributed by atoms with Crippen LogP contribution < -0.4 is 4.74 Å². The van der Waals surface area contributed by atoms with E-state index in [0.717, 1.165) is 24.2 Å². The van der Waals surface area contributed by atoms with Crippen LogP contribution in [0.5, 0.6) is 5.75 Å². The number of benzene rings is 1. The SMILES string of the molecule is O=C(c1ccc(OC2CC2)cc1)C(Br)C1CC1. The number of ketones is 1. The summed E-state index contributed by atoms with van der Waals surface area (Å²) in [7, 11) is 0. The highest BCUT2D eigenvalue weighted by molar-refractivity contribution is 9.10. The molecule has 0 radical (unpaired) electrons. The largest absolute Gasteiger partial charge is 0.490 e. The van der Waals surface area contributed by atoms with Gasteiger partial charge in [-0.25, -0.2) is 0 Å². The molecule has 0 aromatic heterocycles. The van der Waals surface area contributed by atoms with Crippen molar-refractivity contribution < 1.29 is 9.53 Å². The number of alkyl halides is 1. The van der Waals surface area contributed by atoms with Crippen molar-refractivity contribution in [3.05, 3.63) is 29.8 Å². The van der Waals surface area contributed by atoms with Gasteiger partial charge < -0.3 is 4.74 Å². The fourth-order valence-corrected chi connectivity index (χ4v) is 2.63. The highest BCUT2D eigenvalue weighted by atomic mass is 79.9. The topological polar surface area (TPSA) is 26.3 Å². The number of rotatable bonds is 5. The zero-order valence-corrected chi connectivity index (χ0v) is 11.2. The number of carbonyl (C=O) groups excluding carboxylic acids is 1. The van der Waals surface area contributed by atoms with Crippen molar-refractivity contribution in [2.24, 2.45) is 5.92 Å². The van der Waals surface area contributed by atoms with Crippen LogP contribution in [-0.2, 0) is 0 Å². The molecule has 1 aromatic carbocycles. The number of hydrogen-bond donors (Lipinski definition) is 0. The van der Waals surface area contributed by atoms with Crippen LogP contribution >= 0.6 is 15.9 Å². The van der Waals surface area contributed by atoms with Crippen LogP contribution in [0.1, 0.15) is 36.0 Å². The summed E-state index contributed by atoms with van der Waals surface area (Å²) in [5.74, 6) is 1.62. The van der Waals surface area contributed by atoms with Gasteiger partial charge in [0.25, 0.3) is 0 Å². The molecule has 2 nitrogen and oxygen atoms in total. The summed E-state index contributed by atoms with van der Waals surface area (Å²) in [5, 5.41) is 0. The summed E-state index contributed by atoms with van der Waals surface area (Å²) in [4.78, 5) is 12.1. The van der Waals surface area contributed by atoms with E-state index in [2.05, 4.69) is 15.9 Å². The molecule has 0 heterocycles. The second-order valence-electron chi connectivity index (χ2n) is 4.95. The fraction of sp³-hybridized carbons (Fsp3) is 0.500. The molecular formula is C14H15BrO2. The predicted octanol–water partition coefficient (Wildman–Crippen LogP) is 3.58. The van der Waals surface area contributed by atoms with E-state index in [9.17, 15) is 4.79 Å². The van der Waals surface area contributed by atoms with E-state index >= 15 is 0 Å². The third-order valence-electron chi connectivity index (χ3n) is 3.25. The lowest BCUT2D eigenvalue weighted by atomic mass is 10.1. The molecule has 0 N–H and O–H groups in total. The van der Waals surface area contributed by atoms with Crippen LogP contribution in [0, 0.1) is 5.92 Å². The van der Waals surface area contributed by atoms with E-state index in [1.54, 1.807) is 0 Å². The van der Waals surface area contributed by atoms with Gasteiger partial charge in [0.15, 0.2) is 5.78 Å². The number of Topliss-reactive ketones (excluding diaryl/α,β-unsaturated/α-hetero) is 1. The summed E-state index contributed by atoms with van der Waals surface area (Å²) >= 11 is 3.49. The Morgan fingerprint density at radius 2 is 1.82 bits per heavy atom. The molecule has 1 unspecified atom stereocenters. The highest BCUT2D eigenvalue weighted by Crippen LogP contribution is 2.38. The molecule has 1 aromatic rings. The second-order valence-corrected chi connectivity index (χ2v) is 5.93. The minimum atomic E-state index is -0.00213. The zero-order chi connectivity index (χ0) is 11.8. The zero-order valence-electron chi connectivity index (χ0n) is 9.56. The normalized spacial score (nSPS) is 21.0. The predicted molar refractivity (Wildman–Crippen MR) is 69.9 cm³/mol. The van der Waals surface area contributed by atoms with Crippen molar-refractivity contribution in [1.29, 1.82) is 0 Å². The van der Waals surface area contributed by atoms with Crippen LogP contribution in [0.2, 0.25) is 0 Å². The second kappa shape index (κ2) is 4.45. The van der Waals surface area contributed by atoms with Crippen LogP contribution in [0.25, 0.3) is 0 Å². The first-order chi connectivity index (χ1) is 8.24. The Kier molecular flexibility index (Phi) is 2.95. The van der Waals surface area contributed by atoms with Gasteiger partial charge in [-0.1, -0.05) is 15.9 Å². The minimum Gasteiger partial charge on any atom is -0.490 e. The Bertz CT molecular complexity index is 418. The standard InChI is InChI=1S/C14H15BrO2/c15-13(9-1-2-9)14(16)10-3-5-11(6-4-10)17-12-7-8-12/h3-6,9,12-13H,1-2,7-8H2. The van der Waals surface area contributed by atoms with Crippen LogP contribution in [0.4, 0.5) is 0 Å². The molecule has 3 rings (SSSR count). The van der Waals surface area contributed by atoms with Gasteiger partial charge in [0.1, 0.15) is 5.75 Å². The third kappa shape index (κ3) is 2.71. The first kappa shape index (κ1) is 11.3. The summed E-state index contributed by atoms with van der Waals surface area (Å²) in [5.41, 5.74) is 0.780. The molecule has 2 aliphatic rings. The summed E-state index contributed by atoms with van der Waals surface area (Å²) < 4.78 is 5.66. The molecule has 3 heteroatoms. The van der Waals surface area contributed by atoms with Gasteiger partial charge in [0.2, 0.25) is 0 Å². The number of halogens is 1. The lowest BCUT2D eigenvalue weighted by Gasteiger charge is -2.08. The van der Waals surface area contributed by atoms with Gasteiger partial charge in [0.05, 0.1) is 10.9 Å². The molecule has 1 atom stereocenters. The van der Waals surface area contributed by atoms with Crippen molar-refractivity contribution in [3.8, 4) is 5.75 Å². The lowest BCUT2D eigenvalue weighted by Crippen LogP contribution is -2.16. The third-order valence-corrected chi connectivity index (χ3v) is 4.42. The monoisotopic (exact) mass is 294 g/mol. The molecule has 0 amide bonds. The molecule has 2 fully saturated rings. The minimum absolute atomic E-state index is 0.00213. The lowest BCUT2D eigenvalue weighted by molar-refractivity contribution is 0.0985. The first-order valence-corrected chi connectivity index (χ1v) is 7.10. The Morgan fingerprint density at radius 3 is 2.35 bits per heavy atom. The highest BCUT2D eigenvalue weighted by Gasteiger charge is 2.34. The summed E-state index contributed by atoms with van der Waals surface area (Å²) in [6.45, 7) is 0. The number of ether oxygens (including phenoxy) is 1. The van der Waals surface area contributed by atoms with E-state index in [-0.39, 0.29) is 10.6 Å². The Balaban J connectivity index is 1.67. The average Bonchev–Trinajstić information content (AvgIpc) is 3.21. The molecule has 17 heavy (non-hydrogen) atoms.